The van der Waals surface area contributed by atoms with Gasteiger partial charge in [0.15, 0.2) is 5.13 Å². The second-order valence-corrected chi connectivity index (χ2v) is 9.46. The van der Waals surface area contributed by atoms with Crippen molar-refractivity contribution in [1.29, 1.82) is 0 Å². The Labute approximate surface area is 179 Å². The van der Waals surface area contributed by atoms with Gasteiger partial charge in [-0.2, -0.15) is 0 Å². The lowest BCUT2D eigenvalue weighted by molar-refractivity contribution is 0.0956. The van der Waals surface area contributed by atoms with E-state index in [-0.39, 0.29) is 15.9 Å². The molecule has 152 valence electrons. The Morgan fingerprint density at radius 2 is 1.79 bits per heavy atom. The van der Waals surface area contributed by atoms with Crippen LogP contribution in [0.5, 0.6) is 0 Å². The zero-order valence-electron chi connectivity index (χ0n) is 15.7. The highest BCUT2D eigenvalue weighted by Gasteiger charge is 2.20. The van der Waals surface area contributed by atoms with Crippen LogP contribution in [0, 0.1) is 6.92 Å². The first-order chi connectivity index (χ1) is 13.8. The summed E-state index contributed by atoms with van der Waals surface area (Å²) in [6.07, 6.45) is 1.68. The summed E-state index contributed by atoms with van der Waals surface area (Å²) < 4.78 is 27.3. The van der Waals surface area contributed by atoms with Gasteiger partial charge in [-0.05, 0) is 49.6 Å². The van der Waals surface area contributed by atoms with Crippen molar-refractivity contribution in [2.24, 2.45) is 0 Å². The third-order valence-electron chi connectivity index (χ3n) is 4.12. The molecule has 9 heteroatoms. The maximum Gasteiger partial charge on any atom is 0.263 e. The number of carbonyl (C=O) groups excluding carboxylic acids is 1. The molecule has 3 rings (SSSR count). The first-order valence-corrected chi connectivity index (χ1v) is 11.6. The van der Waals surface area contributed by atoms with Gasteiger partial charge in [-0.15, -0.1) is 0 Å². The summed E-state index contributed by atoms with van der Waals surface area (Å²) in [7, 11) is -3.80. The van der Waals surface area contributed by atoms with Gasteiger partial charge < -0.3 is 5.32 Å². The van der Waals surface area contributed by atoms with Crippen LogP contribution in [0.15, 0.2) is 59.5 Å². The first-order valence-electron chi connectivity index (χ1n) is 8.93. The molecule has 0 aliphatic carbocycles. The van der Waals surface area contributed by atoms with Crippen LogP contribution >= 0.6 is 22.9 Å². The summed E-state index contributed by atoms with van der Waals surface area (Å²) in [4.78, 5) is 17.1. The maximum atomic E-state index is 12.5. The number of sulfonamides is 1. The molecule has 0 saturated carbocycles. The fraction of sp³-hybridized carbons (Fsp3) is 0.200. The Morgan fingerprint density at radius 1 is 1.10 bits per heavy atom. The zero-order valence-corrected chi connectivity index (χ0v) is 18.1. The Hall–Kier alpha value is -2.42. The Kier molecular flexibility index (Phi) is 6.89. The molecule has 2 N–H and O–H groups in total. The lowest BCUT2D eigenvalue weighted by Crippen LogP contribution is -2.24. The van der Waals surface area contributed by atoms with E-state index in [1.807, 2.05) is 30.3 Å². The van der Waals surface area contributed by atoms with Gasteiger partial charge in [0.25, 0.3) is 15.9 Å². The SMILES string of the molecule is Cc1nc(NS(=O)(=O)c2ccc(Cl)cc2)sc1C(=O)NCCCc1ccccc1. The van der Waals surface area contributed by atoms with Crippen LogP contribution in [-0.2, 0) is 16.4 Å². The molecule has 0 unspecified atom stereocenters. The summed E-state index contributed by atoms with van der Waals surface area (Å²) in [5.74, 6) is -0.259. The van der Waals surface area contributed by atoms with E-state index in [2.05, 4.69) is 15.0 Å². The normalized spacial score (nSPS) is 11.2. The van der Waals surface area contributed by atoms with Crippen molar-refractivity contribution in [2.45, 2.75) is 24.7 Å². The average Bonchev–Trinajstić information content (AvgIpc) is 3.05. The smallest absolute Gasteiger partial charge is 0.263 e. The Bertz CT molecular complexity index is 1080. The molecule has 0 bridgehead atoms. The van der Waals surface area contributed by atoms with Crippen LogP contribution in [0.4, 0.5) is 5.13 Å². The second-order valence-electron chi connectivity index (χ2n) is 6.34. The van der Waals surface area contributed by atoms with E-state index < -0.39 is 10.0 Å². The molecule has 6 nitrogen and oxygen atoms in total. The molecule has 29 heavy (non-hydrogen) atoms. The molecule has 3 aromatic rings. The molecular weight excluding hydrogens is 430 g/mol. The monoisotopic (exact) mass is 449 g/mol. The van der Waals surface area contributed by atoms with Crippen molar-refractivity contribution in [3.8, 4) is 0 Å². The van der Waals surface area contributed by atoms with Crippen molar-refractivity contribution >= 4 is 44.0 Å². The fourth-order valence-corrected chi connectivity index (χ4v) is 4.90. The molecule has 0 atom stereocenters. The maximum absolute atomic E-state index is 12.5. The number of aromatic nitrogens is 1. The number of halogens is 1. The summed E-state index contributed by atoms with van der Waals surface area (Å²) in [5, 5.41) is 3.45. The number of rotatable bonds is 8. The minimum Gasteiger partial charge on any atom is -0.351 e. The fourth-order valence-electron chi connectivity index (χ4n) is 2.66. The van der Waals surface area contributed by atoms with Gasteiger partial charge in [0.05, 0.1) is 10.6 Å². The van der Waals surface area contributed by atoms with Crippen molar-refractivity contribution in [2.75, 3.05) is 11.3 Å². The van der Waals surface area contributed by atoms with E-state index >= 15 is 0 Å². The van der Waals surface area contributed by atoms with E-state index in [0.717, 1.165) is 24.2 Å². The molecule has 2 aromatic carbocycles. The van der Waals surface area contributed by atoms with Crippen LogP contribution < -0.4 is 10.0 Å². The number of nitrogens with zero attached hydrogens (tertiary/aromatic N) is 1. The quantitative estimate of drug-likeness (QED) is 0.502. The van der Waals surface area contributed by atoms with E-state index in [1.54, 1.807) is 6.92 Å². The standard InChI is InChI=1S/C20H20ClN3O3S2/c1-14-18(19(25)22-13-5-8-15-6-3-2-4-7-15)28-20(23-14)24-29(26,27)17-11-9-16(21)10-12-17/h2-4,6-7,9-12H,5,8,13H2,1H3,(H,22,25)(H,23,24). The van der Waals surface area contributed by atoms with E-state index in [0.29, 0.717) is 22.1 Å². The van der Waals surface area contributed by atoms with Crippen LogP contribution in [0.2, 0.25) is 5.02 Å². The number of anilines is 1. The van der Waals surface area contributed by atoms with Crippen LogP contribution in [0.25, 0.3) is 0 Å². The van der Waals surface area contributed by atoms with Crippen LogP contribution in [-0.4, -0.2) is 25.9 Å². The van der Waals surface area contributed by atoms with Crippen LogP contribution in [0.1, 0.15) is 27.3 Å². The topological polar surface area (TPSA) is 88.2 Å². The Balaban J connectivity index is 1.59. The van der Waals surface area contributed by atoms with Crippen LogP contribution in [0.3, 0.4) is 0 Å². The minimum absolute atomic E-state index is 0.0710. The van der Waals surface area contributed by atoms with E-state index in [9.17, 15) is 13.2 Å². The molecule has 1 amide bonds. The molecule has 0 saturated heterocycles. The van der Waals surface area contributed by atoms with E-state index in [1.165, 1.54) is 29.8 Å². The van der Waals surface area contributed by atoms with Gasteiger partial charge in [0, 0.05) is 11.6 Å². The second kappa shape index (κ2) is 9.39. The number of nitrogens with one attached hydrogen (secondary N) is 2. The first kappa shape index (κ1) is 21.3. The molecule has 0 radical (unpaired) electrons. The van der Waals surface area contributed by atoms with Crippen molar-refractivity contribution in [3.63, 3.8) is 0 Å². The summed E-state index contributed by atoms with van der Waals surface area (Å²) in [6.45, 7) is 2.20. The van der Waals surface area contributed by atoms with Gasteiger partial charge in [-0.3, -0.25) is 9.52 Å². The van der Waals surface area contributed by atoms with Crippen molar-refractivity contribution in [3.05, 3.63) is 75.8 Å². The molecule has 1 heterocycles. The molecule has 0 spiro atoms. The highest BCUT2D eigenvalue weighted by Crippen LogP contribution is 2.25. The predicted octanol–water partition coefficient (Wildman–Crippen LogP) is 4.27. The lowest BCUT2D eigenvalue weighted by Gasteiger charge is -2.05. The van der Waals surface area contributed by atoms with Gasteiger partial charge in [0.1, 0.15) is 4.88 Å². The van der Waals surface area contributed by atoms with Gasteiger partial charge in [0.2, 0.25) is 0 Å². The summed E-state index contributed by atoms with van der Waals surface area (Å²) in [6, 6.07) is 15.9. The number of aryl methyl sites for hydroxylation is 2. The third kappa shape index (κ3) is 5.79. The number of carbonyl (C=O) groups is 1. The summed E-state index contributed by atoms with van der Waals surface area (Å²) >= 11 is 6.81. The van der Waals surface area contributed by atoms with Crippen molar-refractivity contribution in [1.82, 2.24) is 10.3 Å². The third-order valence-corrected chi connectivity index (χ3v) is 6.93. The van der Waals surface area contributed by atoms with Crippen molar-refractivity contribution < 1.29 is 13.2 Å². The van der Waals surface area contributed by atoms with E-state index in [4.69, 9.17) is 11.6 Å². The number of hydrogen-bond donors (Lipinski definition) is 2. The molecule has 0 aliphatic heterocycles. The zero-order chi connectivity index (χ0) is 20.9. The average molecular weight is 450 g/mol. The highest BCUT2D eigenvalue weighted by atomic mass is 35.5. The largest absolute Gasteiger partial charge is 0.351 e. The number of amides is 1. The molecule has 0 fully saturated rings. The number of thiazole rings is 1. The Morgan fingerprint density at radius 3 is 2.48 bits per heavy atom. The summed E-state index contributed by atoms with van der Waals surface area (Å²) in [5.41, 5.74) is 1.69. The molecule has 1 aromatic heterocycles. The number of benzene rings is 2. The predicted molar refractivity (Wildman–Crippen MR) is 116 cm³/mol. The van der Waals surface area contributed by atoms with Gasteiger partial charge >= 0.3 is 0 Å². The van der Waals surface area contributed by atoms with Gasteiger partial charge in [-0.1, -0.05) is 53.3 Å². The lowest BCUT2D eigenvalue weighted by atomic mass is 10.1. The van der Waals surface area contributed by atoms with Gasteiger partial charge in [-0.25, -0.2) is 13.4 Å². The highest BCUT2D eigenvalue weighted by molar-refractivity contribution is 7.93. The molecule has 0 aliphatic rings. The minimum atomic E-state index is -3.80. The molecular formula is C20H20ClN3O3S2. The number of hydrogen-bond acceptors (Lipinski definition) is 5.